The van der Waals surface area contributed by atoms with Gasteiger partial charge in [-0.3, -0.25) is 9.10 Å². The normalized spacial score (nSPS) is 19.2. The smallest absolute Gasteiger partial charge is 0.264 e. The van der Waals surface area contributed by atoms with Gasteiger partial charge in [-0.15, -0.1) is 11.8 Å². The molecule has 7 heteroatoms. The summed E-state index contributed by atoms with van der Waals surface area (Å²) in [5.74, 6) is 0.746. The molecule has 0 unspecified atom stereocenters. The first-order valence-corrected chi connectivity index (χ1v) is 11.0. The molecular weight excluding hydrogens is 368 g/mol. The number of anilines is 2. The minimum Gasteiger partial charge on any atom is -0.311 e. The lowest BCUT2D eigenvalue weighted by Gasteiger charge is -2.30. The molecule has 0 aromatic heterocycles. The van der Waals surface area contributed by atoms with Crippen molar-refractivity contribution in [2.45, 2.75) is 36.1 Å². The van der Waals surface area contributed by atoms with Crippen molar-refractivity contribution in [1.29, 1.82) is 0 Å². The van der Waals surface area contributed by atoms with E-state index in [1.165, 1.54) is 11.2 Å². The van der Waals surface area contributed by atoms with Gasteiger partial charge in [0.05, 0.1) is 16.3 Å². The Morgan fingerprint density at radius 1 is 1.15 bits per heavy atom. The van der Waals surface area contributed by atoms with E-state index in [0.717, 1.165) is 21.9 Å². The minimum atomic E-state index is -3.70. The van der Waals surface area contributed by atoms with Crippen LogP contribution in [-0.4, -0.2) is 32.7 Å². The molecule has 0 bridgehead atoms. The van der Waals surface area contributed by atoms with Gasteiger partial charge in [-0.2, -0.15) is 0 Å². The van der Waals surface area contributed by atoms with Crippen LogP contribution >= 0.6 is 11.8 Å². The van der Waals surface area contributed by atoms with Crippen LogP contribution in [0.5, 0.6) is 0 Å². The van der Waals surface area contributed by atoms with Crippen LogP contribution < -0.4 is 9.21 Å². The van der Waals surface area contributed by atoms with E-state index in [2.05, 4.69) is 0 Å². The van der Waals surface area contributed by atoms with Gasteiger partial charge < -0.3 is 4.90 Å². The molecule has 2 aliphatic heterocycles. The SMILES string of the molecule is CC(=O)N1CCSc2ccc(S(=O)(=O)N3c4ccccc4C[C@H]3C)cc21. The average Bonchev–Trinajstić information content (AvgIpc) is 2.96. The van der Waals surface area contributed by atoms with Gasteiger partial charge in [-0.25, -0.2) is 8.42 Å². The van der Waals surface area contributed by atoms with Crippen LogP contribution in [0.25, 0.3) is 0 Å². The summed E-state index contributed by atoms with van der Waals surface area (Å²) in [6, 6.07) is 12.6. The molecule has 0 N–H and O–H groups in total. The largest absolute Gasteiger partial charge is 0.311 e. The highest BCUT2D eigenvalue weighted by Crippen LogP contribution is 2.40. The summed E-state index contributed by atoms with van der Waals surface area (Å²) in [5, 5.41) is 0. The van der Waals surface area contributed by atoms with Gasteiger partial charge in [-0.05, 0) is 43.2 Å². The summed E-state index contributed by atoms with van der Waals surface area (Å²) < 4.78 is 28.3. The molecule has 2 aromatic rings. The third kappa shape index (κ3) is 2.70. The highest BCUT2D eigenvalue weighted by molar-refractivity contribution is 7.99. The number of thioether (sulfide) groups is 1. The molecule has 0 aliphatic carbocycles. The molecule has 136 valence electrons. The number of para-hydroxylation sites is 1. The lowest BCUT2D eigenvalue weighted by atomic mass is 10.1. The Kier molecular flexibility index (Phi) is 4.23. The molecule has 4 rings (SSSR count). The maximum atomic E-state index is 13.4. The van der Waals surface area contributed by atoms with Crippen molar-refractivity contribution >= 4 is 39.1 Å². The Bertz CT molecular complexity index is 988. The summed E-state index contributed by atoms with van der Waals surface area (Å²) in [6.07, 6.45) is 0.704. The first-order chi connectivity index (χ1) is 12.4. The first kappa shape index (κ1) is 17.4. The molecule has 2 aliphatic rings. The van der Waals surface area contributed by atoms with Crippen LogP contribution in [0.3, 0.4) is 0 Å². The lowest BCUT2D eigenvalue weighted by Crippen LogP contribution is -2.36. The number of nitrogens with zero attached hydrogens (tertiary/aromatic N) is 2. The van der Waals surface area contributed by atoms with Crippen molar-refractivity contribution in [2.24, 2.45) is 0 Å². The van der Waals surface area contributed by atoms with Crippen LogP contribution in [-0.2, 0) is 21.2 Å². The third-order valence-electron chi connectivity index (χ3n) is 4.88. The molecule has 0 radical (unpaired) electrons. The third-order valence-corrected chi connectivity index (χ3v) is 7.84. The Hall–Kier alpha value is -1.99. The van der Waals surface area contributed by atoms with E-state index in [4.69, 9.17) is 0 Å². The number of benzene rings is 2. The fraction of sp³-hybridized carbons (Fsp3) is 0.316. The predicted molar refractivity (Wildman–Crippen MR) is 104 cm³/mol. The monoisotopic (exact) mass is 388 g/mol. The molecule has 0 saturated heterocycles. The van der Waals surface area contributed by atoms with Crippen LogP contribution in [0.15, 0.2) is 52.3 Å². The number of carbonyl (C=O) groups is 1. The molecule has 1 atom stereocenters. The van der Waals surface area contributed by atoms with E-state index in [1.807, 2.05) is 37.3 Å². The van der Waals surface area contributed by atoms with Crippen LogP contribution in [0.4, 0.5) is 11.4 Å². The molecular formula is C19H20N2O3S2. The zero-order chi connectivity index (χ0) is 18.5. The van der Waals surface area contributed by atoms with E-state index in [1.54, 1.807) is 28.8 Å². The number of rotatable bonds is 2. The molecule has 2 aromatic carbocycles. The second-order valence-corrected chi connectivity index (χ2v) is 9.58. The Balaban J connectivity index is 1.80. The van der Waals surface area contributed by atoms with Gasteiger partial charge in [0, 0.05) is 30.2 Å². The minimum absolute atomic E-state index is 0.0685. The van der Waals surface area contributed by atoms with Gasteiger partial charge in [0.2, 0.25) is 5.91 Å². The van der Waals surface area contributed by atoms with E-state index in [9.17, 15) is 13.2 Å². The van der Waals surface area contributed by atoms with Crippen LogP contribution in [0.1, 0.15) is 19.4 Å². The molecule has 1 amide bonds. The molecule has 2 heterocycles. The summed E-state index contributed by atoms with van der Waals surface area (Å²) in [7, 11) is -3.70. The second kappa shape index (κ2) is 6.32. The van der Waals surface area contributed by atoms with Crippen molar-refractivity contribution in [2.75, 3.05) is 21.5 Å². The maximum absolute atomic E-state index is 13.4. The van der Waals surface area contributed by atoms with Crippen LogP contribution in [0.2, 0.25) is 0 Å². The second-order valence-electron chi connectivity index (χ2n) is 6.63. The number of carbonyl (C=O) groups excluding carboxylic acids is 1. The fourth-order valence-corrected chi connectivity index (χ4v) is 6.39. The van der Waals surface area contributed by atoms with E-state index in [-0.39, 0.29) is 16.8 Å². The maximum Gasteiger partial charge on any atom is 0.264 e. The van der Waals surface area contributed by atoms with Gasteiger partial charge in [-0.1, -0.05) is 18.2 Å². The van der Waals surface area contributed by atoms with E-state index >= 15 is 0 Å². The summed E-state index contributed by atoms with van der Waals surface area (Å²) >= 11 is 1.65. The van der Waals surface area contributed by atoms with Crippen molar-refractivity contribution in [3.8, 4) is 0 Å². The average molecular weight is 389 g/mol. The highest BCUT2D eigenvalue weighted by Gasteiger charge is 2.36. The van der Waals surface area contributed by atoms with Crippen LogP contribution in [0, 0.1) is 0 Å². The zero-order valence-corrected chi connectivity index (χ0v) is 16.3. The van der Waals surface area contributed by atoms with Gasteiger partial charge in [0.25, 0.3) is 10.0 Å². The lowest BCUT2D eigenvalue weighted by molar-refractivity contribution is -0.116. The fourth-order valence-electron chi connectivity index (χ4n) is 3.70. The number of amides is 1. The Morgan fingerprint density at radius 2 is 1.92 bits per heavy atom. The molecule has 0 saturated carbocycles. The van der Waals surface area contributed by atoms with Crippen molar-refractivity contribution in [3.63, 3.8) is 0 Å². The Morgan fingerprint density at radius 3 is 2.69 bits per heavy atom. The number of hydrogen-bond acceptors (Lipinski definition) is 4. The molecule has 0 spiro atoms. The Labute approximate surface area is 158 Å². The number of sulfonamides is 1. The first-order valence-electron chi connectivity index (χ1n) is 8.57. The summed E-state index contributed by atoms with van der Waals surface area (Å²) in [6.45, 7) is 4.03. The summed E-state index contributed by atoms with van der Waals surface area (Å²) in [5.41, 5.74) is 2.48. The van der Waals surface area contributed by atoms with Crippen molar-refractivity contribution < 1.29 is 13.2 Å². The topological polar surface area (TPSA) is 57.7 Å². The number of hydrogen-bond donors (Lipinski definition) is 0. The van der Waals surface area contributed by atoms with Crippen molar-refractivity contribution in [1.82, 2.24) is 0 Å². The van der Waals surface area contributed by atoms with Gasteiger partial charge in [0.15, 0.2) is 0 Å². The molecule has 26 heavy (non-hydrogen) atoms. The number of fused-ring (bicyclic) bond motifs is 2. The quantitative estimate of drug-likeness (QED) is 0.792. The highest BCUT2D eigenvalue weighted by atomic mass is 32.2. The zero-order valence-electron chi connectivity index (χ0n) is 14.7. The summed E-state index contributed by atoms with van der Waals surface area (Å²) in [4.78, 5) is 14.8. The van der Waals surface area contributed by atoms with Crippen molar-refractivity contribution in [3.05, 3.63) is 48.0 Å². The van der Waals surface area contributed by atoms with Gasteiger partial charge >= 0.3 is 0 Å². The molecule has 5 nitrogen and oxygen atoms in total. The van der Waals surface area contributed by atoms with E-state index in [0.29, 0.717) is 18.7 Å². The standard InChI is InChI=1S/C19H20N2O3S2/c1-13-11-15-5-3-4-6-17(15)21(13)26(23,24)16-7-8-19-18(12-16)20(14(2)22)9-10-25-19/h3-8,12-13H,9-11H2,1-2H3/t13-/m1/s1. The molecule has 0 fully saturated rings. The van der Waals surface area contributed by atoms with E-state index < -0.39 is 10.0 Å². The predicted octanol–water partition coefficient (Wildman–Crippen LogP) is 3.29. The van der Waals surface area contributed by atoms with Gasteiger partial charge in [0.1, 0.15) is 0 Å².